The van der Waals surface area contributed by atoms with Gasteiger partial charge in [-0.25, -0.2) is 0 Å². The molecule has 1 aromatic carbocycles. The number of ether oxygens (including phenoxy) is 1. The van der Waals surface area contributed by atoms with Crippen molar-refractivity contribution < 1.29 is 4.74 Å². The Labute approximate surface area is 89.8 Å². The van der Waals surface area contributed by atoms with Crippen LogP contribution in [0.5, 0.6) is 5.75 Å². The maximum absolute atomic E-state index is 5.77. The first-order valence-corrected chi connectivity index (χ1v) is 7.69. The van der Waals surface area contributed by atoms with Crippen LogP contribution in [0.15, 0.2) is 28.7 Å². The molecule has 0 bridgehead atoms. The van der Waals surface area contributed by atoms with Gasteiger partial charge in [0.25, 0.3) is 0 Å². The maximum atomic E-state index is 5.77. The van der Waals surface area contributed by atoms with Crippen LogP contribution >= 0.6 is 15.9 Å². The molecule has 0 aliphatic heterocycles. The lowest BCUT2D eigenvalue weighted by Gasteiger charge is -2.16. The zero-order valence-electron chi connectivity index (χ0n) is 8.17. The molecule has 0 aliphatic rings. The zero-order valence-corrected chi connectivity index (χ0v) is 10.8. The Morgan fingerprint density at radius 2 is 2.08 bits per heavy atom. The number of hydrogen-bond acceptors (Lipinski definition) is 1. The standard InChI is InChI=1S/C10H14BrOSi/c1-8(13(2)3)12-10-6-4-5-9(11)7-10/h4-8H,1-3H3. The molecule has 71 valence electrons. The molecule has 0 saturated heterocycles. The summed E-state index contributed by atoms with van der Waals surface area (Å²) in [5.41, 5.74) is 0.360. The van der Waals surface area contributed by atoms with Crippen molar-refractivity contribution >= 4 is 24.7 Å². The minimum Gasteiger partial charge on any atom is -0.495 e. The van der Waals surface area contributed by atoms with Gasteiger partial charge in [-0.3, -0.25) is 0 Å². The molecule has 1 nitrogen and oxygen atoms in total. The lowest BCUT2D eigenvalue weighted by Crippen LogP contribution is -2.27. The van der Waals surface area contributed by atoms with Crippen LogP contribution in [0.1, 0.15) is 6.92 Å². The van der Waals surface area contributed by atoms with E-state index in [1.54, 1.807) is 0 Å². The van der Waals surface area contributed by atoms with Gasteiger partial charge in [-0.2, -0.15) is 0 Å². The Bertz CT molecular complexity index is 275. The van der Waals surface area contributed by atoms with Crippen molar-refractivity contribution in [2.45, 2.75) is 25.7 Å². The minimum atomic E-state index is -0.360. The molecule has 0 N–H and O–H groups in total. The van der Waals surface area contributed by atoms with Gasteiger partial charge in [-0.15, -0.1) is 0 Å². The first-order chi connectivity index (χ1) is 6.09. The summed E-state index contributed by atoms with van der Waals surface area (Å²) < 4.78 is 6.84. The minimum absolute atomic E-state index is 0.360. The summed E-state index contributed by atoms with van der Waals surface area (Å²) in [5.74, 6) is 0.952. The van der Waals surface area contributed by atoms with Gasteiger partial charge in [0.15, 0.2) is 0 Å². The Balaban J connectivity index is 2.64. The van der Waals surface area contributed by atoms with Crippen LogP contribution in [-0.2, 0) is 0 Å². The molecule has 0 saturated carbocycles. The highest BCUT2D eigenvalue weighted by Crippen LogP contribution is 2.19. The number of hydrogen-bond donors (Lipinski definition) is 0. The molecule has 0 spiro atoms. The average Bonchev–Trinajstić information content (AvgIpc) is 2.04. The third kappa shape index (κ3) is 3.52. The van der Waals surface area contributed by atoms with Crippen LogP contribution in [0, 0.1) is 0 Å². The van der Waals surface area contributed by atoms with Gasteiger partial charge in [-0.05, 0) is 25.1 Å². The van der Waals surface area contributed by atoms with Crippen LogP contribution in [-0.4, -0.2) is 14.5 Å². The molecule has 0 fully saturated rings. The SMILES string of the molecule is CC(Oc1cccc(Br)c1)[Si](C)C. The second-order valence-electron chi connectivity index (χ2n) is 3.29. The molecule has 0 amide bonds. The van der Waals surface area contributed by atoms with E-state index in [1.165, 1.54) is 0 Å². The van der Waals surface area contributed by atoms with Gasteiger partial charge >= 0.3 is 0 Å². The van der Waals surface area contributed by atoms with Crippen molar-refractivity contribution in [3.63, 3.8) is 0 Å². The second-order valence-corrected chi connectivity index (χ2v) is 7.18. The van der Waals surface area contributed by atoms with E-state index in [2.05, 4.69) is 35.9 Å². The lowest BCUT2D eigenvalue weighted by atomic mass is 10.3. The highest BCUT2D eigenvalue weighted by Gasteiger charge is 2.09. The zero-order chi connectivity index (χ0) is 9.84. The van der Waals surface area contributed by atoms with Crippen molar-refractivity contribution in [2.24, 2.45) is 0 Å². The molecule has 0 heterocycles. The molecular formula is C10H14BrOSi. The van der Waals surface area contributed by atoms with Gasteiger partial charge in [0.05, 0.1) is 14.5 Å². The summed E-state index contributed by atoms with van der Waals surface area (Å²) in [6.07, 6.45) is 0. The van der Waals surface area contributed by atoms with Gasteiger partial charge in [0.1, 0.15) is 5.75 Å². The van der Waals surface area contributed by atoms with Crippen molar-refractivity contribution in [3.8, 4) is 5.75 Å². The van der Waals surface area contributed by atoms with Crippen LogP contribution in [0.4, 0.5) is 0 Å². The van der Waals surface area contributed by atoms with E-state index in [-0.39, 0.29) is 8.80 Å². The van der Waals surface area contributed by atoms with E-state index >= 15 is 0 Å². The molecular weight excluding hydrogens is 244 g/mol. The monoisotopic (exact) mass is 257 g/mol. The molecule has 1 unspecified atom stereocenters. The van der Waals surface area contributed by atoms with Gasteiger partial charge in [0.2, 0.25) is 0 Å². The highest BCUT2D eigenvalue weighted by molar-refractivity contribution is 9.10. The quantitative estimate of drug-likeness (QED) is 0.754. The second kappa shape index (κ2) is 4.82. The third-order valence-corrected chi connectivity index (χ3v) is 4.16. The summed E-state index contributed by atoms with van der Waals surface area (Å²) in [5, 5.41) is 0. The first kappa shape index (κ1) is 10.8. The summed E-state index contributed by atoms with van der Waals surface area (Å²) in [6, 6.07) is 7.98. The fourth-order valence-electron chi connectivity index (χ4n) is 0.862. The van der Waals surface area contributed by atoms with Crippen LogP contribution < -0.4 is 4.74 Å². The van der Waals surface area contributed by atoms with Crippen LogP contribution in [0.3, 0.4) is 0 Å². The lowest BCUT2D eigenvalue weighted by molar-refractivity contribution is 0.293. The summed E-state index contributed by atoms with van der Waals surface area (Å²) in [6.45, 7) is 6.65. The molecule has 1 radical (unpaired) electrons. The topological polar surface area (TPSA) is 9.23 Å². The predicted molar refractivity (Wildman–Crippen MR) is 61.7 cm³/mol. The van der Waals surface area contributed by atoms with Gasteiger partial charge in [-0.1, -0.05) is 35.1 Å². The first-order valence-electron chi connectivity index (χ1n) is 4.32. The highest BCUT2D eigenvalue weighted by atomic mass is 79.9. The molecule has 1 atom stereocenters. The van der Waals surface area contributed by atoms with Gasteiger partial charge < -0.3 is 4.74 Å². The van der Waals surface area contributed by atoms with E-state index in [1.807, 2.05) is 24.3 Å². The van der Waals surface area contributed by atoms with Crippen LogP contribution in [0.25, 0.3) is 0 Å². The smallest absolute Gasteiger partial charge is 0.120 e. The third-order valence-electron chi connectivity index (χ3n) is 1.92. The van der Waals surface area contributed by atoms with E-state index in [4.69, 9.17) is 4.74 Å². The summed E-state index contributed by atoms with van der Waals surface area (Å²) in [7, 11) is -0.360. The number of rotatable bonds is 3. The molecule has 3 heteroatoms. The number of benzene rings is 1. The van der Waals surface area contributed by atoms with Crippen molar-refractivity contribution in [1.82, 2.24) is 0 Å². The Morgan fingerprint density at radius 1 is 1.38 bits per heavy atom. The van der Waals surface area contributed by atoms with Crippen molar-refractivity contribution in [2.75, 3.05) is 0 Å². The normalized spacial score (nSPS) is 13.0. The summed E-state index contributed by atoms with van der Waals surface area (Å²) >= 11 is 3.42. The number of halogens is 1. The fraction of sp³-hybridized carbons (Fsp3) is 0.400. The average molecular weight is 258 g/mol. The molecule has 0 aliphatic carbocycles. The Kier molecular flexibility index (Phi) is 4.00. The maximum Gasteiger partial charge on any atom is 0.120 e. The van der Waals surface area contributed by atoms with E-state index in [9.17, 15) is 0 Å². The summed E-state index contributed by atoms with van der Waals surface area (Å²) in [4.78, 5) is 0. The van der Waals surface area contributed by atoms with Crippen molar-refractivity contribution in [3.05, 3.63) is 28.7 Å². The molecule has 13 heavy (non-hydrogen) atoms. The fourth-order valence-corrected chi connectivity index (χ4v) is 1.61. The van der Waals surface area contributed by atoms with Crippen LogP contribution in [0.2, 0.25) is 13.1 Å². The Morgan fingerprint density at radius 3 is 2.62 bits per heavy atom. The predicted octanol–water partition coefficient (Wildman–Crippen LogP) is 3.51. The van der Waals surface area contributed by atoms with Gasteiger partial charge in [0, 0.05) is 4.47 Å². The van der Waals surface area contributed by atoms with E-state index in [0.717, 1.165) is 10.2 Å². The molecule has 0 aromatic heterocycles. The molecule has 1 aromatic rings. The van der Waals surface area contributed by atoms with E-state index in [0.29, 0.717) is 5.73 Å². The largest absolute Gasteiger partial charge is 0.495 e. The van der Waals surface area contributed by atoms with Crippen molar-refractivity contribution in [1.29, 1.82) is 0 Å². The van der Waals surface area contributed by atoms with E-state index < -0.39 is 0 Å². The Hall–Kier alpha value is -0.283. The molecule has 1 rings (SSSR count).